The maximum absolute atomic E-state index is 14.2. The molecule has 2 bridgehead atoms. The first kappa shape index (κ1) is 27.8. The highest BCUT2D eigenvalue weighted by atomic mass is 32.2. The molecule has 3 heterocycles. The Kier molecular flexibility index (Phi) is 6.67. The number of benzene rings is 1. The molecule has 4 atom stereocenters. The molecule has 2 aromatic rings. The Labute approximate surface area is 241 Å². The van der Waals surface area contributed by atoms with Gasteiger partial charge in [0.25, 0.3) is 15.9 Å². The lowest BCUT2D eigenvalue weighted by atomic mass is 9.80. The van der Waals surface area contributed by atoms with Gasteiger partial charge in [-0.1, -0.05) is 12.2 Å². The molecule has 4 unspecified atom stereocenters. The molecule has 1 aromatic heterocycles. The third-order valence-corrected chi connectivity index (χ3v) is 11.1. The van der Waals surface area contributed by atoms with E-state index in [0.717, 1.165) is 29.6 Å². The summed E-state index contributed by atoms with van der Waals surface area (Å²) in [7, 11) is -4.83. The van der Waals surface area contributed by atoms with Crippen LogP contribution in [0.15, 0.2) is 56.4 Å². The van der Waals surface area contributed by atoms with Crippen molar-refractivity contribution in [2.24, 2.45) is 22.2 Å². The lowest BCUT2D eigenvalue weighted by Crippen LogP contribution is -2.53. The van der Waals surface area contributed by atoms with Crippen molar-refractivity contribution in [3.63, 3.8) is 0 Å². The summed E-state index contributed by atoms with van der Waals surface area (Å²) in [6.07, 6.45) is 5.84. The zero-order chi connectivity index (χ0) is 29.3. The minimum Gasteiger partial charge on any atom is -0.511 e. The largest absolute Gasteiger partial charge is 0.511 e. The van der Waals surface area contributed by atoms with E-state index in [-0.39, 0.29) is 63.6 Å². The van der Waals surface area contributed by atoms with E-state index in [1.54, 1.807) is 24.1 Å². The number of amides is 1. The van der Waals surface area contributed by atoms with Crippen LogP contribution in [0.2, 0.25) is 0 Å². The summed E-state index contributed by atoms with van der Waals surface area (Å²) in [5.41, 5.74) is 0.756. The topological polar surface area (TPSA) is 164 Å². The van der Waals surface area contributed by atoms with Gasteiger partial charge in [-0.25, -0.2) is 13.1 Å². The number of aliphatic hydroxyl groups excluding tert-OH is 1. The minimum atomic E-state index is -4.33. The molecule has 0 radical (unpaired) electrons. The molecule has 1 saturated carbocycles. The Bertz CT molecular complexity index is 1760. The average molecular weight is 621 g/mol. The Hall–Kier alpha value is -3.40. The average Bonchev–Trinajstić information content (AvgIpc) is 3.64. The van der Waals surface area contributed by atoms with E-state index in [0.29, 0.717) is 11.5 Å². The van der Waals surface area contributed by atoms with E-state index >= 15 is 0 Å². The second-order valence-electron chi connectivity index (χ2n) is 10.4. The van der Waals surface area contributed by atoms with E-state index < -0.39 is 31.9 Å². The number of rotatable bonds is 8. The van der Waals surface area contributed by atoms with Gasteiger partial charge in [-0.2, -0.15) is 8.42 Å². The van der Waals surface area contributed by atoms with Crippen LogP contribution in [-0.2, 0) is 37.9 Å². The number of thiophene rings is 1. The molecule has 12 nitrogen and oxygen atoms in total. The molecule has 3 N–H and O–H groups in total. The number of carbonyl (C=O) groups is 1. The standard InChI is InChI=1S/C26H28N4O8S3/c1-37-17-7-6-15(18(9-17)38-2)11-30-21-14-5-4-13(8-14)19(21)22(31)20(26(30)32)24-28-25-23(41(35,36)29-24)16(12-39-25)10-27-40(3,33)34/h4-7,9,12-14,19,21,27,31H,8,10-11H2,1-3H3,(H,28,29). The first-order valence-corrected chi connectivity index (χ1v) is 16.9. The van der Waals surface area contributed by atoms with Gasteiger partial charge in [0.15, 0.2) is 5.84 Å². The number of methoxy groups -OCH3 is 2. The van der Waals surface area contributed by atoms with Crippen LogP contribution in [0.4, 0.5) is 5.00 Å². The number of fused-ring (bicyclic) bond motifs is 6. The molecular weight excluding hydrogens is 593 g/mol. The van der Waals surface area contributed by atoms with Crippen LogP contribution in [-0.4, -0.2) is 65.1 Å². The molecule has 2 aliphatic heterocycles. The molecule has 15 heteroatoms. The molecule has 6 rings (SSSR count). The van der Waals surface area contributed by atoms with E-state index in [2.05, 4.69) is 20.5 Å². The normalized spacial score (nSPS) is 26.0. The molecule has 0 saturated heterocycles. The zero-order valence-corrected chi connectivity index (χ0v) is 24.8. The van der Waals surface area contributed by atoms with E-state index in [1.165, 1.54) is 12.5 Å². The van der Waals surface area contributed by atoms with Gasteiger partial charge in [0.1, 0.15) is 32.7 Å². The molecule has 4 aliphatic rings. The van der Waals surface area contributed by atoms with Gasteiger partial charge in [-0.15, -0.1) is 15.7 Å². The maximum atomic E-state index is 14.2. The lowest BCUT2D eigenvalue weighted by Gasteiger charge is -2.42. The number of nitrogens with one attached hydrogen (secondary N) is 2. The molecule has 1 amide bonds. The quantitative estimate of drug-likeness (QED) is 0.376. The fraction of sp³-hybridized carbons (Fsp3) is 0.385. The number of nitrogens with zero attached hydrogens (tertiary/aromatic N) is 2. The van der Waals surface area contributed by atoms with Gasteiger partial charge in [0.05, 0.1) is 20.5 Å². The number of hydrogen-bond acceptors (Lipinski definition) is 10. The van der Waals surface area contributed by atoms with Gasteiger partial charge < -0.3 is 24.8 Å². The van der Waals surface area contributed by atoms with E-state index in [1.807, 2.05) is 12.1 Å². The summed E-state index contributed by atoms with van der Waals surface area (Å²) in [6, 6.07) is 4.99. The SMILES string of the molecule is COc1ccc(CN2C(=O)C(C3=NS(=O)(=O)c4c(CNS(C)(=O)=O)csc4N3)=C(O)C3C4C=CC(C4)C32)c(OC)c1. The van der Waals surface area contributed by atoms with Crippen LogP contribution in [0.5, 0.6) is 11.5 Å². The number of carbonyl (C=O) groups excluding carboxylic acids is 1. The van der Waals surface area contributed by atoms with Crippen molar-refractivity contribution in [2.45, 2.75) is 30.4 Å². The number of ether oxygens (including phenoxy) is 2. The summed E-state index contributed by atoms with van der Waals surface area (Å²) in [5.74, 6) is -0.269. The maximum Gasteiger partial charge on any atom is 0.287 e. The predicted molar refractivity (Wildman–Crippen MR) is 152 cm³/mol. The zero-order valence-electron chi connectivity index (χ0n) is 22.3. The fourth-order valence-electron chi connectivity index (χ4n) is 6.19. The Morgan fingerprint density at radius 2 is 1.95 bits per heavy atom. The van der Waals surface area contributed by atoms with Crippen LogP contribution in [0.1, 0.15) is 17.5 Å². The molecule has 41 heavy (non-hydrogen) atoms. The van der Waals surface area contributed by atoms with Crippen LogP contribution in [0, 0.1) is 17.8 Å². The number of sulfonamides is 2. The highest BCUT2D eigenvalue weighted by Crippen LogP contribution is 2.52. The minimum absolute atomic E-state index is 0.0138. The predicted octanol–water partition coefficient (Wildman–Crippen LogP) is 2.37. The molecule has 2 aliphatic carbocycles. The molecule has 0 spiro atoms. The summed E-state index contributed by atoms with van der Waals surface area (Å²) in [5, 5.41) is 16.1. The summed E-state index contributed by atoms with van der Waals surface area (Å²) in [6.45, 7) is -0.0769. The molecule has 1 aromatic carbocycles. The highest BCUT2D eigenvalue weighted by Gasteiger charge is 2.55. The second kappa shape index (κ2) is 9.86. The first-order valence-electron chi connectivity index (χ1n) is 12.7. The summed E-state index contributed by atoms with van der Waals surface area (Å²) >= 11 is 1.04. The number of hydrogen-bond donors (Lipinski definition) is 3. The number of allylic oxidation sites excluding steroid dienone is 1. The van der Waals surface area contributed by atoms with Gasteiger partial charge >= 0.3 is 0 Å². The van der Waals surface area contributed by atoms with Crippen molar-refractivity contribution in [1.82, 2.24) is 9.62 Å². The van der Waals surface area contributed by atoms with Crippen LogP contribution in [0.25, 0.3) is 0 Å². The molecular formula is C26H28N4O8S3. The lowest BCUT2D eigenvalue weighted by molar-refractivity contribution is -0.133. The molecule has 218 valence electrons. The first-order chi connectivity index (χ1) is 19.4. The third kappa shape index (κ3) is 4.70. The summed E-state index contributed by atoms with van der Waals surface area (Å²) in [4.78, 5) is 15.7. The monoisotopic (exact) mass is 620 g/mol. The van der Waals surface area contributed by atoms with Gasteiger partial charge in [-0.3, -0.25) is 4.79 Å². The van der Waals surface area contributed by atoms with Crippen molar-refractivity contribution in [2.75, 3.05) is 25.8 Å². The van der Waals surface area contributed by atoms with Crippen LogP contribution < -0.4 is 19.5 Å². The van der Waals surface area contributed by atoms with E-state index in [4.69, 9.17) is 9.47 Å². The van der Waals surface area contributed by atoms with Crippen molar-refractivity contribution >= 4 is 48.1 Å². The van der Waals surface area contributed by atoms with Crippen molar-refractivity contribution < 1.29 is 36.2 Å². The van der Waals surface area contributed by atoms with Crippen LogP contribution in [0.3, 0.4) is 0 Å². The van der Waals surface area contributed by atoms with Crippen molar-refractivity contribution in [3.05, 3.63) is 58.2 Å². The van der Waals surface area contributed by atoms with E-state index in [9.17, 15) is 26.7 Å². The second-order valence-corrected chi connectivity index (χ2v) is 14.6. The fourth-order valence-corrected chi connectivity index (χ4v) is 9.22. The number of anilines is 1. The third-order valence-electron chi connectivity index (χ3n) is 7.94. The van der Waals surface area contributed by atoms with Crippen molar-refractivity contribution in [1.29, 1.82) is 0 Å². The van der Waals surface area contributed by atoms with Crippen molar-refractivity contribution in [3.8, 4) is 11.5 Å². The number of aliphatic hydroxyl groups is 1. The van der Waals surface area contributed by atoms with Gasteiger partial charge in [-0.05, 0) is 35.8 Å². The Balaban J connectivity index is 1.40. The highest BCUT2D eigenvalue weighted by molar-refractivity contribution is 7.91. The van der Waals surface area contributed by atoms with Gasteiger partial charge in [0.2, 0.25) is 10.0 Å². The van der Waals surface area contributed by atoms with Crippen LogP contribution >= 0.6 is 11.3 Å². The molecule has 1 fully saturated rings. The van der Waals surface area contributed by atoms with Gasteiger partial charge in [0, 0.05) is 42.2 Å². The summed E-state index contributed by atoms with van der Waals surface area (Å²) < 4.78 is 66.9. The smallest absolute Gasteiger partial charge is 0.287 e. The number of amidine groups is 1. The Morgan fingerprint density at radius 3 is 2.66 bits per heavy atom. The Morgan fingerprint density at radius 1 is 1.20 bits per heavy atom.